The lowest BCUT2D eigenvalue weighted by molar-refractivity contribution is -0.121. The molecule has 2 aromatic carbocycles. The molecule has 0 radical (unpaired) electrons. The number of hydrogen-bond acceptors (Lipinski definition) is 5. The van der Waals surface area contributed by atoms with Gasteiger partial charge in [-0.25, -0.2) is 13.1 Å². The van der Waals surface area contributed by atoms with E-state index < -0.39 is 28.7 Å². The van der Waals surface area contributed by atoms with Gasteiger partial charge in [-0.2, -0.15) is 13.2 Å². The molecule has 0 unspecified atom stereocenters. The molecular weight excluding hydrogens is 471 g/mol. The predicted octanol–water partition coefficient (Wildman–Crippen LogP) is 4.15. The lowest BCUT2D eigenvalue weighted by Crippen LogP contribution is -2.33. The van der Waals surface area contributed by atoms with E-state index in [1.54, 1.807) is 36.5 Å². The summed E-state index contributed by atoms with van der Waals surface area (Å²) in [6, 6.07) is 17.4. The molecule has 3 aromatic rings. The number of ether oxygens (including phenoxy) is 1. The van der Waals surface area contributed by atoms with Crippen molar-refractivity contribution in [2.45, 2.75) is 17.7 Å². The van der Waals surface area contributed by atoms with E-state index in [9.17, 15) is 26.4 Å². The topological polar surface area (TPSA) is 97.4 Å². The summed E-state index contributed by atoms with van der Waals surface area (Å²) in [6.07, 6.45) is -0.110. The molecule has 7 nitrogen and oxygen atoms in total. The Bertz CT molecular complexity index is 1230. The van der Waals surface area contributed by atoms with Gasteiger partial charge in [0.1, 0.15) is 18.9 Å². The van der Waals surface area contributed by atoms with Crippen LogP contribution in [0.25, 0.3) is 6.08 Å². The Morgan fingerprint density at radius 1 is 1.00 bits per heavy atom. The van der Waals surface area contributed by atoms with E-state index in [0.717, 1.165) is 23.4 Å². The van der Waals surface area contributed by atoms with Gasteiger partial charge in [0.05, 0.1) is 10.6 Å². The van der Waals surface area contributed by atoms with Crippen LogP contribution in [0.2, 0.25) is 0 Å². The minimum atomic E-state index is -4.67. The van der Waals surface area contributed by atoms with E-state index in [4.69, 9.17) is 4.74 Å². The van der Waals surface area contributed by atoms with Crippen molar-refractivity contribution in [3.8, 4) is 5.75 Å². The van der Waals surface area contributed by atoms with Crippen LogP contribution in [0.5, 0.6) is 5.75 Å². The fourth-order valence-electron chi connectivity index (χ4n) is 2.65. The first-order valence-corrected chi connectivity index (χ1v) is 11.4. The van der Waals surface area contributed by atoms with Gasteiger partial charge in [-0.3, -0.25) is 9.78 Å². The first-order chi connectivity index (χ1) is 16.1. The van der Waals surface area contributed by atoms with Crippen LogP contribution in [0.3, 0.4) is 0 Å². The third-order valence-corrected chi connectivity index (χ3v) is 5.73. The maximum absolute atomic E-state index is 12.2. The Balaban J connectivity index is 1.51. The summed E-state index contributed by atoms with van der Waals surface area (Å²) in [5.74, 6) is 0.174. The van der Waals surface area contributed by atoms with Crippen LogP contribution >= 0.6 is 0 Å². The number of pyridine rings is 1. The normalized spacial score (nSPS) is 12.0. The third kappa shape index (κ3) is 8.01. The highest BCUT2D eigenvalue weighted by atomic mass is 32.2. The second-order valence-electron chi connectivity index (χ2n) is 6.97. The number of halogens is 3. The van der Waals surface area contributed by atoms with Crippen molar-refractivity contribution in [2.75, 3.05) is 11.9 Å². The number of amides is 1. The molecule has 0 aliphatic rings. The van der Waals surface area contributed by atoms with Gasteiger partial charge in [0.15, 0.2) is 0 Å². The van der Waals surface area contributed by atoms with E-state index >= 15 is 0 Å². The number of nitrogens with zero attached hydrogens (tertiary/aromatic N) is 1. The zero-order chi connectivity index (χ0) is 24.6. The maximum atomic E-state index is 12.2. The molecule has 0 aliphatic heterocycles. The average Bonchev–Trinajstić information content (AvgIpc) is 2.81. The standard InChI is InChI=1S/C23H20F3N3O4S/c24-23(25,26)16-28-34(31,32)21-11-7-18(8-12-21)29-22(30)13-6-17-4-9-20(10-5-17)33-15-19-3-1-2-14-27-19/h1-14,28H,15-16H2,(H,29,30)/b13-6+. The highest BCUT2D eigenvalue weighted by Gasteiger charge is 2.30. The van der Waals surface area contributed by atoms with Gasteiger partial charge in [0.2, 0.25) is 15.9 Å². The molecule has 34 heavy (non-hydrogen) atoms. The fourth-order valence-corrected chi connectivity index (χ4v) is 3.66. The number of carbonyl (C=O) groups is 1. The summed E-state index contributed by atoms with van der Waals surface area (Å²) < 4.78 is 67.6. The van der Waals surface area contributed by atoms with Crippen LogP contribution < -0.4 is 14.8 Å². The number of rotatable bonds is 9. The van der Waals surface area contributed by atoms with E-state index in [2.05, 4.69) is 10.3 Å². The summed E-state index contributed by atoms with van der Waals surface area (Å²) >= 11 is 0. The van der Waals surface area contributed by atoms with Gasteiger partial charge in [-0.15, -0.1) is 0 Å². The number of benzene rings is 2. The Morgan fingerprint density at radius 3 is 2.32 bits per heavy atom. The van der Waals surface area contributed by atoms with Crippen LogP contribution in [0.4, 0.5) is 18.9 Å². The van der Waals surface area contributed by atoms with Crippen molar-refractivity contribution in [3.05, 3.63) is 90.3 Å². The Kier molecular flexibility index (Phi) is 8.03. The van der Waals surface area contributed by atoms with Crippen molar-refractivity contribution in [1.82, 2.24) is 9.71 Å². The molecule has 0 atom stereocenters. The molecule has 11 heteroatoms. The summed E-state index contributed by atoms with van der Waals surface area (Å²) in [5.41, 5.74) is 1.83. The van der Waals surface area contributed by atoms with Gasteiger partial charge in [0, 0.05) is 18.0 Å². The lowest BCUT2D eigenvalue weighted by atomic mass is 10.2. The molecule has 0 aliphatic carbocycles. The number of hydrogen-bond donors (Lipinski definition) is 2. The van der Waals surface area contributed by atoms with E-state index in [1.165, 1.54) is 22.9 Å². The zero-order valence-corrected chi connectivity index (χ0v) is 18.4. The number of aromatic nitrogens is 1. The minimum absolute atomic E-state index is 0.280. The second-order valence-corrected chi connectivity index (χ2v) is 8.73. The lowest BCUT2D eigenvalue weighted by Gasteiger charge is -2.10. The van der Waals surface area contributed by atoms with Gasteiger partial charge < -0.3 is 10.1 Å². The second kappa shape index (κ2) is 10.9. The fraction of sp³-hybridized carbons (Fsp3) is 0.130. The number of anilines is 1. The molecule has 0 saturated carbocycles. The van der Waals surface area contributed by atoms with Crippen LogP contribution in [0, 0.1) is 0 Å². The van der Waals surface area contributed by atoms with Crippen molar-refractivity contribution >= 4 is 27.7 Å². The summed E-state index contributed by atoms with van der Waals surface area (Å²) in [7, 11) is -4.32. The molecule has 2 N–H and O–H groups in total. The molecule has 0 saturated heterocycles. The Labute approximate surface area is 194 Å². The van der Waals surface area contributed by atoms with Gasteiger partial charge >= 0.3 is 6.18 Å². The highest BCUT2D eigenvalue weighted by molar-refractivity contribution is 7.89. The molecule has 1 aromatic heterocycles. The first-order valence-electron chi connectivity index (χ1n) is 9.89. The molecule has 0 spiro atoms. The monoisotopic (exact) mass is 491 g/mol. The van der Waals surface area contributed by atoms with Crippen LogP contribution in [0.15, 0.2) is 83.9 Å². The summed E-state index contributed by atoms with van der Waals surface area (Å²) in [6.45, 7) is -1.34. The van der Waals surface area contributed by atoms with Gasteiger partial charge in [-0.1, -0.05) is 18.2 Å². The van der Waals surface area contributed by atoms with E-state index in [1.807, 2.05) is 18.2 Å². The molecule has 3 rings (SSSR count). The smallest absolute Gasteiger partial charge is 0.402 e. The van der Waals surface area contributed by atoms with E-state index in [-0.39, 0.29) is 10.6 Å². The summed E-state index contributed by atoms with van der Waals surface area (Å²) in [5, 5.41) is 2.54. The quantitative estimate of drug-likeness (QED) is 0.439. The van der Waals surface area contributed by atoms with Crippen LogP contribution in [-0.2, 0) is 21.4 Å². The number of alkyl halides is 3. The Hall–Kier alpha value is -3.70. The van der Waals surface area contributed by atoms with Crippen molar-refractivity contribution in [1.29, 1.82) is 0 Å². The minimum Gasteiger partial charge on any atom is -0.487 e. The predicted molar refractivity (Wildman–Crippen MR) is 120 cm³/mol. The first kappa shape index (κ1) is 24.9. The van der Waals surface area contributed by atoms with Crippen LogP contribution in [-0.4, -0.2) is 32.0 Å². The zero-order valence-electron chi connectivity index (χ0n) is 17.6. The maximum Gasteiger partial charge on any atom is 0.402 e. The number of sulfonamides is 1. The number of carbonyl (C=O) groups excluding carboxylic acids is 1. The van der Waals surface area contributed by atoms with Crippen molar-refractivity contribution in [3.63, 3.8) is 0 Å². The molecular formula is C23H20F3N3O4S. The average molecular weight is 491 g/mol. The van der Waals surface area contributed by atoms with E-state index in [0.29, 0.717) is 12.4 Å². The molecule has 1 amide bonds. The molecule has 0 fully saturated rings. The van der Waals surface area contributed by atoms with Crippen molar-refractivity contribution < 1.29 is 31.1 Å². The largest absolute Gasteiger partial charge is 0.487 e. The summed E-state index contributed by atoms with van der Waals surface area (Å²) in [4.78, 5) is 15.9. The highest BCUT2D eigenvalue weighted by Crippen LogP contribution is 2.18. The molecule has 0 bridgehead atoms. The molecule has 1 heterocycles. The Morgan fingerprint density at radius 2 is 1.71 bits per heavy atom. The third-order valence-electron chi connectivity index (χ3n) is 4.31. The van der Waals surface area contributed by atoms with Crippen LogP contribution in [0.1, 0.15) is 11.3 Å². The SMILES string of the molecule is O=C(/C=C/c1ccc(OCc2ccccn2)cc1)Nc1ccc(S(=O)(=O)NCC(F)(F)F)cc1. The molecule has 178 valence electrons. The van der Waals surface area contributed by atoms with Gasteiger partial charge in [-0.05, 0) is 60.2 Å². The number of nitrogens with one attached hydrogen (secondary N) is 2. The van der Waals surface area contributed by atoms with Crippen molar-refractivity contribution in [2.24, 2.45) is 0 Å². The van der Waals surface area contributed by atoms with Gasteiger partial charge in [0.25, 0.3) is 0 Å².